The van der Waals surface area contributed by atoms with Crippen LogP contribution in [0, 0.1) is 5.92 Å². The molecule has 5 nitrogen and oxygen atoms in total. The standard InChI is InChI=1S/C18H22N4O/c1-13(2)8-16-9-14(21-23-16)11-22(3)12-15-10-19-17-6-4-5-7-18(17)20-15/h4-7,9-10,13H,8,11-12H2,1-3H3. The Morgan fingerprint density at radius 1 is 1.09 bits per heavy atom. The number of para-hydroxylation sites is 2. The van der Waals surface area contributed by atoms with E-state index in [1.165, 1.54) is 0 Å². The van der Waals surface area contributed by atoms with Gasteiger partial charge in [0.25, 0.3) is 0 Å². The normalized spacial score (nSPS) is 11.7. The molecule has 120 valence electrons. The lowest BCUT2D eigenvalue weighted by Gasteiger charge is -2.14. The molecule has 23 heavy (non-hydrogen) atoms. The van der Waals surface area contributed by atoms with E-state index in [0.717, 1.165) is 47.7 Å². The van der Waals surface area contributed by atoms with E-state index < -0.39 is 0 Å². The van der Waals surface area contributed by atoms with Crippen LogP contribution in [0.3, 0.4) is 0 Å². The van der Waals surface area contributed by atoms with Crippen LogP contribution in [0.2, 0.25) is 0 Å². The van der Waals surface area contributed by atoms with Crippen LogP contribution < -0.4 is 0 Å². The molecule has 0 aliphatic rings. The molecule has 0 atom stereocenters. The zero-order chi connectivity index (χ0) is 16.2. The second-order valence-corrected chi connectivity index (χ2v) is 6.40. The quantitative estimate of drug-likeness (QED) is 0.698. The lowest BCUT2D eigenvalue weighted by molar-refractivity contribution is 0.296. The van der Waals surface area contributed by atoms with Gasteiger partial charge in [-0.2, -0.15) is 0 Å². The summed E-state index contributed by atoms with van der Waals surface area (Å²) >= 11 is 0. The molecule has 0 radical (unpaired) electrons. The summed E-state index contributed by atoms with van der Waals surface area (Å²) in [5.41, 5.74) is 3.77. The smallest absolute Gasteiger partial charge is 0.137 e. The van der Waals surface area contributed by atoms with Gasteiger partial charge in [0.1, 0.15) is 5.76 Å². The number of aromatic nitrogens is 3. The molecular formula is C18H22N4O. The van der Waals surface area contributed by atoms with Gasteiger partial charge in [0.2, 0.25) is 0 Å². The maximum absolute atomic E-state index is 5.38. The summed E-state index contributed by atoms with van der Waals surface area (Å²) in [5, 5.41) is 4.15. The molecular weight excluding hydrogens is 288 g/mol. The van der Waals surface area contributed by atoms with Crippen LogP contribution in [0.5, 0.6) is 0 Å². The van der Waals surface area contributed by atoms with E-state index >= 15 is 0 Å². The molecule has 2 heterocycles. The van der Waals surface area contributed by atoms with Crippen molar-refractivity contribution in [2.24, 2.45) is 5.92 Å². The van der Waals surface area contributed by atoms with Crippen LogP contribution >= 0.6 is 0 Å². The van der Waals surface area contributed by atoms with Gasteiger partial charge in [-0.15, -0.1) is 0 Å². The molecule has 0 saturated carbocycles. The van der Waals surface area contributed by atoms with Crippen LogP contribution in [0.4, 0.5) is 0 Å². The Labute approximate surface area is 136 Å². The summed E-state index contributed by atoms with van der Waals surface area (Å²) in [5.74, 6) is 1.52. The summed E-state index contributed by atoms with van der Waals surface area (Å²) < 4.78 is 5.38. The van der Waals surface area contributed by atoms with Crippen LogP contribution in [-0.4, -0.2) is 27.1 Å². The van der Waals surface area contributed by atoms with Crippen LogP contribution in [0.15, 0.2) is 41.1 Å². The number of hydrogen-bond donors (Lipinski definition) is 0. The number of rotatable bonds is 6. The Bertz CT molecular complexity index is 781. The van der Waals surface area contributed by atoms with Gasteiger partial charge < -0.3 is 4.52 Å². The van der Waals surface area contributed by atoms with E-state index in [2.05, 4.69) is 33.9 Å². The summed E-state index contributed by atoms with van der Waals surface area (Å²) in [6.07, 6.45) is 2.76. The van der Waals surface area contributed by atoms with Crippen molar-refractivity contribution in [2.45, 2.75) is 33.4 Å². The van der Waals surface area contributed by atoms with Crippen LogP contribution in [-0.2, 0) is 19.5 Å². The third kappa shape index (κ3) is 4.13. The highest BCUT2D eigenvalue weighted by Crippen LogP contribution is 2.13. The molecule has 3 aromatic rings. The Hall–Kier alpha value is -2.27. The fraction of sp³-hybridized carbons (Fsp3) is 0.389. The van der Waals surface area contributed by atoms with Crippen molar-refractivity contribution in [3.63, 3.8) is 0 Å². The van der Waals surface area contributed by atoms with Gasteiger partial charge in [0.05, 0.1) is 28.6 Å². The minimum atomic E-state index is 0.571. The summed E-state index contributed by atoms with van der Waals surface area (Å²) in [6, 6.07) is 9.96. The third-order valence-electron chi connectivity index (χ3n) is 3.58. The van der Waals surface area contributed by atoms with Crippen molar-refractivity contribution >= 4 is 11.0 Å². The topological polar surface area (TPSA) is 55.1 Å². The number of hydrogen-bond acceptors (Lipinski definition) is 5. The minimum absolute atomic E-state index is 0.571. The Kier molecular flexibility index (Phi) is 4.67. The SMILES string of the molecule is CC(C)Cc1cc(CN(C)Cc2cnc3ccccc3n2)no1. The first-order valence-corrected chi connectivity index (χ1v) is 7.94. The fourth-order valence-electron chi connectivity index (χ4n) is 2.61. The molecule has 0 amide bonds. The fourth-order valence-corrected chi connectivity index (χ4v) is 2.61. The number of fused-ring (bicyclic) bond motifs is 1. The molecule has 0 unspecified atom stereocenters. The van der Waals surface area contributed by atoms with Crippen molar-refractivity contribution < 1.29 is 4.52 Å². The Morgan fingerprint density at radius 3 is 2.61 bits per heavy atom. The number of benzene rings is 1. The van der Waals surface area contributed by atoms with Crippen molar-refractivity contribution in [2.75, 3.05) is 7.05 Å². The van der Waals surface area contributed by atoms with Gasteiger partial charge in [-0.05, 0) is 25.1 Å². The predicted octanol–water partition coefficient (Wildman–Crippen LogP) is 3.45. The molecule has 1 aromatic carbocycles. The average molecular weight is 310 g/mol. The van der Waals surface area contributed by atoms with Gasteiger partial charge in [0.15, 0.2) is 0 Å². The van der Waals surface area contributed by atoms with Crippen molar-refractivity contribution in [3.05, 3.63) is 53.7 Å². The Balaban J connectivity index is 1.63. The van der Waals surface area contributed by atoms with Crippen LogP contribution in [0.1, 0.15) is 31.0 Å². The molecule has 0 bridgehead atoms. The summed E-state index contributed by atoms with van der Waals surface area (Å²) in [4.78, 5) is 11.3. The first kappa shape index (κ1) is 15.6. The van der Waals surface area contributed by atoms with Crippen LogP contribution in [0.25, 0.3) is 11.0 Å². The monoisotopic (exact) mass is 310 g/mol. The second-order valence-electron chi connectivity index (χ2n) is 6.40. The predicted molar refractivity (Wildman–Crippen MR) is 89.8 cm³/mol. The lowest BCUT2D eigenvalue weighted by atomic mass is 10.1. The van der Waals surface area contributed by atoms with Gasteiger partial charge in [0, 0.05) is 25.6 Å². The molecule has 5 heteroatoms. The number of nitrogens with zero attached hydrogens (tertiary/aromatic N) is 4. The van der Waals surface area contributed by atoms with E-state index in [9.17, 15) is 0 Å². The molecule has 0 aliphatic heterocycles. The van der Waals surface area contributed by atoms with Gasteiger partial charge >= 0.3 is 0 Å². The highest BCUT2D eigenvalue weighted by molar-refractivity contribution is 5.73. The molecule has 0 spiro atoms. The van der Waals surface area contributed by atoms with Crippen molar-refractivity contribution in [3.8, 4) is 0 Å². The minimum Gasteiger partial charge on any atom is -0.361 e. The van der Waals surface area contributed by atoms with Crippen molar-refractivity contribution in [1.29, 1.82) is 0 Å². The highest BCUT2D eigenvalue weighted by atomic mass is 16.5. The first-order chi connectivity index (χ1) is 11.1. The summed E-state index contributed by atoms with van der Waals surface area (Å²) in [6.45, 7) is 5.81. The van der Waals surface area contributed by atoms with Crippen molar-refractivity contribution in [1.82, 2.24) is 20.0 Å². The van der Waals surface area contributed by atoms with E-state index in [1.54, 1.807) is 0 Å². The lowest BCUT2D eigenvalue weighted by Crippen LogP contribution is -2.18. The second kappa shape index (κ2) is 6.87. The van der Waals surface area contributed by atoms with Gasteiger partial charge in [-0.3, -0.25) is 9.88 Å². The zero-order valence-corrected chi connectivity index (χ0v) is 13.9. The molecule has 0 saturated heterocycles. The summed E-state index contributed by atoms with van der Waals surface area (Å²) in [7, 11) is 2.05. The average Bonchev–Trinajstić information content (AvgIpc) is 2.93. The Morgan fingerprint density at radius 2 is 1.83 bits per heavy atom. The largest absolute Gasteiger partial charge is 0.361 e. The maximum atomic E-state index is 5.38. The molecule has 0 fully saturated rings. The molecule has 2 aromatic heterocycles. The van der Waals surface area contributed by atoms with E-state index in [-0.39, 0.29) is 0 Å². The van der Waals surface area contributed by atoms with Gasteiger partial charge in [-0.1, -0.05) is 31.1 Å². The van der Waals surface area contributed by atoms with E-state index in [4.69, 9.17) is 4.52 Å². The zero-order valence-electron chi connectivity index (χ0n) is 13.9. The molecule has 3 rings (SSSR count). The van der Waals surface area contributed by atoms with Gasteiger partial charge in [-0.25, -0.2) is 4.98 Å². The van der Waals surface area contributed by atoms with E-state index in [0.29, 0.717) is 5.92 Å². The third-order valence-corrected chi connectivity index (χ3v) is 3.58. The van der Waals surface area contributed by atoms with E-state index in [1.807, 2.05) is 43.6 Å². The molecule has 0 aliphatic carbocycles. The molecule has 0 N–H and O–H groups in total. The highest BCUT2D eigenvalue weighted by Gasteiger charge is 2.10. The maximum Gasteiger partial charge on any atom is 0.137 e. The first-order valence-electron chi connectivity index (χ1n) is 7.94.